The van der Waals surface area contributed by atoms with E-state index < -0.39 is 0 Å². The Morgan fingerprint density at radius 2 is 1.83 bits per heavy atom. The van der Waals surface area contributed by atoms with Crippen molar-refractivity contribution in [2.75, 3.05) is 4.90 Å². The summed E-state index contributed by atoms with van der Waals surface area (Å²) in [5.74, 6) is -0.0487. The first kappa shape index (κ1) is 15.6. The maximum Gasteiger partial charge on any atom is 0.270 e. The number of amides is 1. The highest BCUT2D eigenvalue weighted by Gasteiger charge is 2.34. The van der Waals surface area contributed by atoms with Crippen LogP contribution in [0.4, 0.5) is 5.69 Å². The molecule has 2 nitrogen and oxygen atoms in total. The van der Waals surface area contributed by atoms with Crippen LogP contribution >= 0.6 is 35.3 Å². The summed E-state index contributed by atoms with van der Waals surface area (Å²) >= 11 is 8.53. The molecule has 0 bridgehead atoms. The van der Waals surface area contributed by atoms with Crippen LogP contribution in [0.2, 0.25) is 0 Å². The van der Waals surface area contributed by atoms with Crippen molar-refractivity contribution >= 4 is 68.1 Å². The fourth-order valence-electron chi connectivity index (χ4n) is 2.74. The molecule has 0 unspecified atom stereocenters. The molecule has 0 aliphatic carbocycles. The molecule has 1 saturated heterocycles. The zero-order chi connectivity index (χ0) is 16.7. The van der Waals surface area contributed by atoms with Crippen molar-refractivity contribution in [3.8, 4) is 0 Å². The molecule has 2 aromatic carbocycles. The van der Waals surface area contributed by atoms with Gasteiger partial charge >= 0.3 is 0 Å². The molecule has 1 aliphatic rings. The monoisotopic (exact) mass is 367 g/mol. The van der Waals surface area contributed by atoms with Crippen LogP contribution in [-0.2, 0) is 4.79 Å². The van der Waals surface area contributed by atoms with Gasteiger partial charge < -0.3 is 0 Å². The number of anilines is 1. The first-order chi connectivity index (χ1) is 11.6. The lowest BCUT2D eigenvalue weighted by molar-refractivity contribution is -0.113. The standard InChI is InChI=1S/C19H13NOS3/c1-12-9-10-14(23-12)11-17-18(21)20(19(22)24-17)16-8-4-6-13-5-2-3-7-15(13)16/h2-11H,1H3/b17-11+. The van der Waals surface area contributed by atoms with E-state index in [0.717, 1.165) is 21.3 Å². The molecule has 4 rings (SSSR count). The molecular formula is C19H13NOS3. The van der Waals surface area contributed by atoms with Gasteiger partial charge in [-0.15, -0.1) is 11.3 Å². The van der Waals surface area contributed by atoms with Gasteiger partial charge in [-0.3, -0.25) is 9.69 Å². The van der Waals surface area contributed by atoms with E-state index in [-0.39, 0.29) is 5.91 Å². The average Bonchev–Trinajstić information content (AvgIpc) is 3.11. The minimum Gasteiger partial charge on any atom is -0.268 e. The van der Waals surface area contributed by atoms with Gasteiger partial charge in [-0.25, -0.2) is 0 Å². The predicted octanol–water partition coefficient (Wildman–Crippen LogP) is 5.62. The van der Waals surface area contributed by atoms with Crippen LogP contribution < -0.4 is 4.90 Å². The summed E-state index contributed by atoms with van der Waals surface area (Å²) in [5.41, 5.74) is 0.848. The molecule has 3 aromatic rings. The molecule has 2 heterocycles. The summed E-state index contributed by atoms with van der Waals surface area (Å²) in [7, 11) is 0. The van der Waals surface area contributed by atoms with E-state index in [2.05, 4.69) is 13.0 Å². The van der Waals surface area contributed by atoms with Crippen LogP contribution in [0.15, 0.2) is 59.5 Å². The number of rotatable bonds is 2. The smallest absolute Gasteiger partial charge is 0.268 e. The Morgan fingerprint density at radius 3 is 2.62 bits per heavy atom. The molecule has 0 N–H and O–H groups in total. The lowest BCUT2D eigenvalue weighted by Crippen LogP contribution is -2.27. The van der Waals surface area contributed by atoms with Gasteiger partial charge in [-0.05, 0) is 36.6 Å². The van der Waals surface area contributed by atoms with E-state index in [9.17, 15) is 4.79 Å². The molecule has 118 valence electrons. The number of thiophene rings is 1. The SMILES string of the molecule is Cc1ccc(/C=C2/SC(=S)N(c3cccc4ccccc34)C2=O)s1. The molecule has 0 radical (unpaired) electrons. The van der Waals surface area contributed by atoms with Crippen molar-refractivity contribution in [3.63, 3.8) is 0 Å². The minimum absolute atomic E-state index is 0.0487. The third kappa shape index (κ3) is 2.69. The van der Waals surface area contributed by atoms with Crippen molar-refractivity contribution in [2.24, 2.45) is 0 Å². The normalized spacial score (nSPS) is 16.5. The Balaban J connectivity index is 1.77. The largest absolute Gasteiger partial charge is 0.270 e. The number of carbonyl (C=O) groups is 1. The number of aryl methyl sites for hydroxylation is 1. The lowest BCUT2D eigenvalue weighted by atomic mass is 10.1. The number of benzene rings is 2. The van der Waals surface area contributed by atoms with Gasteiger partial charge in [0.05, 0.1) is 10.6 Å². The second-order valence-electron chi connectivity index (χ2n) is 5.46. The second-order valence-corrected chi connectivity index (χ2v) is 8.46. The highest BCUT2D eigenvalue weighted by molar-refractivity contribution is 8.27. The van der Waals surface area contributed by atoms with E-state index >= 15 is 0 Å². The Labute approximate surface area is 153 Å². The topological polar surface area (TPSA) is 20.3 Å². The third-order valence-corrected chi connectivity index (χ3v) is 6.09. The summed E-state index contributed by atoms with van der Waals surface area (Å²) in [4.78, 5) is 17.6. The number of thiocarbonyl (C=S) groups is 1. The van der Waals surface area contributed by atoms with E-state index in [1.54, 1.807) is 16.2 Å². The van der Waals surface area contributed by atoms with Gasteiger partial charge in [0.15, 0.2) is 4.32 Å². The van der Waals surface area contributed by atoms with Crippen molar-refractivity contribution < 1.29 is 4.79 Å². The highest BCUT2D eigenvalue weighted by Crippen LogP contribution is 2.39. The Bertz CT molecular complexity index is 997. The van der Waals surface area contributed by atoms with Gasteiger partial charge in [0.25, 0.3) is 5.91 Å². The number of nitrogens with zero attached hydrogens (tertiary/aromatic N) is 1. The first-order valence-corrected chi connectivity index (χ1v) is 9.50. The molecule has 0 atom stereocenters. The van der Waals surface area contributed by atoms with Crippen molar-refractivity contribution in [2.45, 2.75) is 6.92 Å². The van der Waals surface area contributed by atoms with E-state index in [0.29, 0.717) is 9.23 Å². The van der Waals surface area contributed by atoms with Crippen LogP contribution in [-0.4, -0.2) is 10.2 Å². The van der Waals surface area contributed by atoms with Gasteiger partial charge in [-0.1, -0.05) is 60.4 Å². The van der Waals surface area contributed by atoms with Crippen LogP contribution in [0.1, 0.15) is 9.75 Å². The Hall–Kier alpha value is -1.95. The van der Waals surface area contributed by atoms with E-state index in [4.69, 9.17) is 12.2 Å². The first-order valence-electron chi connectivity index (χ1n) is 7.45. The highest BCUT2D eigenvalue weighted by atomic mass is 32.2. The number of thioether (sulfide) groups is 1. The predicted molar refractivity (Wildman–Crippen MR) is 109 cm³/mol. The van der Waals surface area contributed by atoms with E-state index in [1.165, 1.54) is 16.6 Å². The molecule has 1 fully saturated rings. The molecule has 1 amide bonds. The van der Waals surface area contributed by atoms with Crippen LogP contribution in [0, 0.1) is 6.92 Å². The van der Waals surface area contributed by atoms with Crippen LogP contribution in [0.3, 0.4) is 0 Å². The van der Waals surface area contributed by atoms with E-state index in [1.807, 2.05) is 54.6 Å². The number of carbonyl (C=O) groups excluding carboxylic acids is 1. The fourth-order valence-corrected chi connectivity index (χ4v) is 4.91. The zero-order valence-corrected chi connectivity index (χ0v) is 15.3. The average molecular weight is 368 g/mol. The summed E-state index contributed by atoms with van der Waals surface area (Å²) in [5, 5.41) is 2.13. The van der Waals surface area contributed by atoms with Crippen molar-refractivity contribution in [3.05, 3.63) is 69.3 Å². The molecule has 1 aromatic heterocycles. The number of hydrogen-bond acceptors (Lipinski definition) is 4. The third-order valence-electron chi connectivity index (χ3n) is 3.84. The molecule has 0 spiro atoms. The fraction of sp³-hybridized carbons (Fsp3) is 0.0526. The van der Waals surface area contributed by atoms with Gasteiger partial charge in [0.1, 0.15) is 0 Å². The number of fused-ring (bicyclic) bond motifs is 1. The quantitative estimate of drug-likeness (QED) is 0.433. The lowest BCUT2D eigenvalue weighted by Gasteiger charge is -2.17. The van der Waals surface area contributed by atoms with Gasteiger partial charge in [0, 0.05) is 15.1 Å². The molecule has 5 heteroatoms. The second kappa shape index (κ2) is 6.16. The molecule has 1 aliphatic heterocycles. The molecule has 0 saturated carbocycles. The minimum atomic E-state index is -0.0487. The summed E-state index contributed by atoms with van der Waals surface area (Å²) in [6.45, 7) is 2.06. The summed E-state index contributed by atoms with van der Waals surface area (Å²) in [6.07, 6.45) is 1.93. The van der Waals surface area contributed by atoms with Crippen molar-refractivity contribution in [1.82, 2.24) is 0 Å². The van der Waals surface area contributed by atoms with Crippen LogP contribution in [0.5, 0.6) is 0 Å². The van der Waals surface area contributed by atoms with Crippen molar-refractivity contribution in [1.29, 1.82) is 0 Å². The number of hydrogen-bond donors (Lipinski definition) is 0. The molecule has 24 heavy (non-hydrogen) atoms. The molecular weight excluding hydrogens is 354 g/mol. The maximum absolute atomic E-state index is 12.9. The summed E-state index contributed by atoms with van der Waals surface area (Å²) in [6, 6.07) is 18.1. The Kier molecular flexibility index (Phi) is 4.00. The van der Waals surface area contributed by atoms with Gasteiger partial charge in [-0.2, -0.15) is 0 Å². The van der Waals surface area contributed by atoms with Gasteiger partial charge in [0.2, 0.25) is 0 Å². The Morgan fingerprint density at radius 1 is 1.04 bits per heavy atom. The maximum atomic E-state index is 12.9. The summed E-state index contributed by atoms with van der Waals surface area (Å²) < 4.78 is 0.580. The zero-order valence-electron chi connectivity index (χ0n) is 12.9. The van der Waals surface area contributed by atoms with Crippen LogP contribution in [0.25, 0.3) is 16.8 Å².